The van der Waals surface area contributed by atoms with Gasteiger partial charge in [0, 0.05) is 0 Å². The van der Waals surface area contributed by atoms with Crippen LogP contribution in [0.25, 0.3) is 0 Å². The number of halogens is 1. The van der Waals surface area contributed by atoms with Crippen LogP contribution in [0.1, 0.15) is 6.92 Å². The van der Waals surface area contributed by atoms with E-state index in [0.717, 1.165) is 9.99 Å². The number of carbonyl (C=O) groups is 1. The van der Waals surface area contributed by atoms with E-state index in [1.807, 2.05) is 0 Å². The number of benzene rings is 1. The number of rotatable bonds is 2. The fraction of sp³-hybridized carbons (Fsp3) is 0.125. The average molecular weight is 354 g/mol. The van der Waals surface area contributed by atoms with Crippen molar-refractivity contribution in [3.63, 3.8) is 0 Å². The molecule has 0 aliphatic rings. The Morgan fingerprint density at radius 3 is 2.44 bits per heavy atom. The SMILES string of the molecule is CC(=O)N(Br)c1cccc([As](=O)(O)O)c1O. The van der Waals surface area contributed by atoms with Crippen molar-refractivity contribution in [3.8, 4) is 5.75 Å². The zero-order valence-corrected chi connectivity index (χ0v) is 11.6. The van der Waals surface area contributed by atoms with E-state index in [2.05, 4.69) is 16.1 Å². The third kappa shape index (κ3) is 2.68. The summed E-state index contributed by atoms with van der Waals surface area (Å²) in [5.74, 6) is -1.02. The summed E-state index contributed by atoms with van der Waals surface area (Å²) >= 11 is -2.31. The van der Waals surface area contributed by atoms with Crippen molar-refractivity contribution in [1.29, 1.82) is 0 Å². The third-order valence-corrected chi connectivity index (χ3v) is 4.75. The first-order chi connectivity index (χ1) is 7.25. The summed E-state index contributed by atoms with van der Waals surface area (Å²) in [5.41, 5.74) is -0.00488. The predicted octanol–water partition coefficient (Wildman–Crippen LogP) is -0.384. The zero-order valence-electron chi connectivity index (χ0n) is 8.16. The monoisotopic (exact) mass is 353 g/mol. The molecule has 0 heterocycles. The van der Waals surface area contributed by atoms with E-state index in [0.29, 0.717) is 0 Å². The number of hydrogen-bond acceptors (Lipinski definition) is 3. The molecule has 88 valence electrons. The number of amides is 1. The van der Waals surface area contributed by atoms with Gasteiger partial charge in [0.25, 0.3) is 0 Å². The van der Waals surface area contributed by atoms with Crippen molar-refractivity contribution in [2.75, 3.05) is 3.93 Å². The first-order valence-corrected chi connectivity index (χ1v) is 8.19. The second-order valence-electron chi connectivity index (χ2n) is 2.99. The summed E-state index contributed by atoms with van der Waals surface area (Å²) in [5, 5.41) is 9.64. The van der Waals surface area contributed by atoms with Crippen molar-refractivity contribution in [3.05, 3.63) is 18.2 Å². The van der Waals surface area contributed by atoms with E-state index >= 15 is 0 Å². The Hall–Kier alpha value is -0.752. The number of anilines is 1. The van der Waals surface area contributed by atoms with Crippen LogP contribution in [0.4, 0.5) is 5.69 Å². The summed E-state index contributed by atoms with van der Waals surface area (Å²) in [6.07, 6.45) is 0. The van der Waals surface area contributed by atoms with Gasteiger partial charge in [0.2, 0.25) is 0 Å². The van der Waals surface area contributed by atoms with Crippen LogP contribution in [0.3, 0.4) is 0 Å². The fourth-order valence-electron chi connectivity index (χ4n) is 1.08. The van der Waals surface area contributed by atoms with Crippen molar-refractivity contribution in [2.45, 2.75) is 6.92 Å². The quantitative estimate of drug-likeness (QED) is 0.497. The maximum absolute atomic E-state index is 11.1. The zero-order chi connectivity index (χ0) is 12.5. The number of nitrogens with zero attached hydrogens (tertiary/aromatic N) is 1. The van der Waals surface area contributed by atoms with E-state index < -0.39 is 30.2 Å². The molecule has 0 aromatic heterocycles. The van der Waals surface area contributed by atoms with Crippen LogP contribution < -0.4 is 8.28 Å². The summed E-state index contributed by atoms with van der Waals surface area (Å²) in [6.45, 7) is 1.24. The van der Waals surface area contributed by atoms with Crippen LogP contribution in [0, 0.1) is 0 Å². The van der Waals surface area contributed by atoms with Crippen molar-refractivity contribution in [1.82, 2.24) is 0 Å². The molecule has 0 fully saturated rings. The van der Waals surface area contributed by atoms with Gasteiger partial charge in [-0.05, 0) is 0 Å². The predicted molar refractivity (Wildman–Crippen MR) is 60.7 cm³/mol. The van der Waals surface area contributed by atoms with Gasteiger partial charge in [0.05, 0.1) is 0 Å². The van der Waals surface area contributed by atoms with Crippen LogP contribution in [0.15, 0.2) is 18.2 Å². The standard InChI is InChI=1S/C8H9AsBrNO5/c1-5(12)11(10)7-4-2-3-6(8(7)13)9(14,15)16/h2-4,13H,1H3,(H2,14,15,16). The molecule has 1 aromatic rings. The molecule has 0 unspecified atom stereocenters. The molecule has 3 N–H and O–H groups in total. The van der Waals surface area contributed by atoms with Crippen LogP contribution >= 0.6 is 16.1 Å². The van der Waals surface area contributed by atoms with E-state index in [-0.39, 0.29) is 5.69 Å². The second-order valence-corrected chi connectivity index (χ2v) is 6.99. The molecular weight excluding hydrogens is 345 g/mol. The molecule has 0 aliphatic carbocycles. The first-order valence-electron chi connectivity index (χ1n) is 4.09. The maximum atomic E-state index is 11.1. The number of phenolic OH excluding ortho intramolecular Hbond substituents is 1. The molecule has 0 bridgehead atoms. The van der Waals surface area contributed by atoms with Gasteiger partial charge >= 0.3 is 103 Å². The number of aromatic hydroxyl groups is 1. The van der Waals surface area contributed by atoms with Gasteiger partial charge in [-0.3, -0.25) is 0 Å². The molecule has 0 spiro atoms. The normalized spacial score (nSPS) is 11.2. The minimum atomic E-state index is -5.19. The Balaban J connectivity index is 3.35. The molecule has 0 saturated carbocycles. The van der Waals surface area contributed by atoms with E-state index in [9.17, 15) is 13.6 Å². The van der Waals surface area contributed by atoms with Gasteiger partial charge < -0.3 is 0 Å². The van der Waals surface area contributed by atoms with Crippen LogP contribution in [-0.4, -0.2) is 33.4 Å². The van der Waals surface area contributed by atoms with Gasteiger partial charge in [-0.1, -0.05) is 0 Å². The van der Waals surface area contributed by atoms with E-state index in [1.165, 1.54) is 19.1 Å². The molecule has 0 radical (unpaired) electrons. The number of carbonyl (C=O) groups excluding carboxylic acids is 1. The summed E-state index contributed by atoms with van der Waals surface area (Å²) in [6, 6.07) is 3.84. The molecular formula is C8H9AsBrNO5. The minimum absolute atomic E-state index is 0.00488. The second kappa shape index (κ2) is 4.63. The molecule has 0 saturated heterocycles. The van der Waals surface area contributed by atoms with Gasteiger partial charge in [0.1, 0.15) is 0 Å². The van der Waals surface area contributed by atoms with Gasteiger partial charge in [0.15, 0.2) is 0 Å². The Kier molecular flexibility index (Phi) is 3.85. The fourth-order valence-corrected chi connectivity index (χ4v) is 2.78. The van der Waals surface area contributed by atoms with Gasteiger partial charge in [-0.25, -0.2) is 0 Å². The Bertz CT molecular complexity index is 471. The number of hydrogen-bond donors (Lipinski definition) is 3. The molecule has 8 heteroatoms. The molecule has 6 nitrogen and oxygen atoms in total. The van der Waals surface area contributed by atoms with Crippen LogP contribution in [0.5, 0.6) is 5.75 Å². The van der Waals surface area contributed by atoms with Crippen molar-refractivity contribution >= 4 is 46.3 Å². The molecule has 16 heavy (non-hydrogen) atoms. The summed E-state index contributed by atoms with van der Waals surface area (Å²) in [7, 11) is 0. The topological polar surface area (TPSA) is 98.1 Å². The Labute approximate surface area is 103 Å². The first kappa shape index (κ1) is 13.3. The Morgan fingerprint density at radius 1 is 1.44 bits per heavy atom. The van der Waals surface area contributed by atoms with Crippen molar-refractivity contribution < 1.29 is 21.8 Å². The average Bonchev–Trinajstić information content (AvgIpc) is 2.15. The van der Waals surface area contributed by atoms with Gasteiger partial charge in [-0.15, -0.1) is 0 Å². The summed E-state index contributed by atoms with van der Waals surface area (Å²) in [4.78, 5) is 11.0. The van der Waals surface area contributed by atoms with Crippen molar-refractivity contribution in [2.24, 2.45) is 0 Å². The number of para-hydroxylation sites is 1. The van der Waals surface area contributed by atoms with Gasteiger partial charge in [-0.2, -0.15) is 0 Å². The molecule has 1 aromatic carbocycles. The molecule has 1 amide bonds. The third-order valence-electron chi connectivity index (χ3n) is 1.80. The Morgan fingerprint density at radius 2 is 2.00 bits per heavy atom. The summed E-state index contributed by atoms with van der Waals surface area (Å²) < 4.78 is 29.6. The molecule has 0 atom stereocenters. The number of phenols is 1. The van der Waals surface area contributed by atoms with E-state index in [4.69, 9.17) is 8.19 Å². The van der Waals surface area contributed by atoms with Crippen LogP contribution in [-0.2, 0) is 8.53 Å². The molecule has 0 aliphatic heterocycles. The van der Waals surface area contributed by atoms with E-state index in [1.54, 1.807) is 0 Å². The molecule has 1 rings (SSSR count). The van der Waals surface area contributed by atoms with Crippen LogP contribution in [0.2, 0.25) is 0 Å².